The predicted octanol–water partition coefficient (Wildman–Crippen LogP) is 0.283. The number of fused-ring (bicyclic) bond motifs is 1. The van der Waals surface area contributed by atoms with Crippen molar-refractivity contribution in [3.8, 4) is 0 Å². The van der Waals surface area contributed by atoms with Crippen LogP contribution in [0.5, 0.6) is 0 Å². The molecule has 0 spiro atoms. The zero-order chi connectivity index (χ0) is 21.3. The second-order valence-electron chi connectivity index (χ2n) is 6.72. The van der Waals surface area contributed by atoms with Crippen LogP contribution in [0, 0.1) is 0 Å². The lowest BCUT2D eigenvalue weighted by Gasteiger charge is -2.17. The molecule has 0 bridgehead atoms. The Labute approximate surface area is 176 Å². The van der Waals surface area contributed by atoms with E-state index in [1.807, 2.05) is 30.3 Å². The monoisotopic (exact) mass is 453 g/mol. The Hall–Kier alpha value is -2.02. The molecule has 11 nitrogen and oxygen atoms in total. The van der Waals surface area contributed by atoms with Crippen LogP contribution in [0.1, 0.15) is 11.8 Å². The number of hydrogen-bond acceptors (Lipinski definition) is 9. The van der Waals surface area contributed by atoms with Crippen molar-refractivity contribution in [3.63, 3.8) is 0 Å². The Bertz CT molecular complexity index is 1060. The molecule has 0 saturated carbocycles. The van der Waals surface area contributed by atoms with Gasteiger partial charge in [0.1, 0.15) is 24.6 Å². The molecule has 13 heteroatoms. The van der Waals surface area contributed by atoms with Gasteiger partial charge in [-0.05, 0) is 17.4 Å². The molecule has 0 radical (unpaired) electrons. The first-order chi connectivity index (χ1) is 14.3. The molecule has 1 aromatic carbocycles. The number of nitrogens with zero attached hydrogens (tertiary/aromatic N) is 4. The molecule has 1 saturated heterocycles. The van der Waals surface area contributed by atoms with E-state index in [-0.39, 0.29) is 6.61 Å². The Morgan fingerprint density at radius 2 is 1.90 bits per heavy atom. The molecule has 3 heterocycles. The highest BCUT2D eigenvalue weighted by Crippen LogP contribution is 2.39. The molecule has 2 aromatic heterocycles. The van der Waals surface area contributed by atoms with Crippen LogP contribution in [-0.4, -0.2) is 64.4 Å². The fraction of sp³-hybridized carbons (Fsp3) is 0.353. The molecule has 3 aromatic rings. The van der Waals surface area contributed by atoms with Gasteiger partial charge in [0.05, 0.1) is 12.9 Å². The lowest BCUT2D eigenvalue weighted by Crippen LogP contribution is -2.33. The summed E-state index contributed by atoms with van der Waals surface area (Å²) in [5.74, 6) is 0.511. The molecule has 0 aliphatic carbocycles. The van der Waals surface area contributed by atoms with Crippen molar-refractivity contribution >= 4 is 35.5 Å². The van der Waals surface area contributed by atoms with Crippen molar-refractivity contribution < 1.29 is 29.3 Å². The van der Waals surface area contributed by atoms with Gasteiger partial charge in [0.2, 0.25) is 0 Å². The summed E-state index contributed by atoms with van der Waals surface area (Å²) in [6, 6.07) is 9.78. The van der Waals surface area contributed by atoms with Crippen molar-refractivity contribution in [2.75, 3.05) is 11.9 Å². The van der Waals surface area contributed by atoms with Gasteiger partial charge in [-0.15, -0.1) is 0 Å². The second kappa shape index (κ2) is 8.61. The van der Waals surface area contributed by atoms with E-state index in [1.54, 1.807) is 0 Å². The van der Waals surface area contributed by atoms with Crippen molar-refractivity contribution in [2.24, 2.45) is 0 Å². The Morgan fingerprint density at radius 1 is 1.13 bits per heavy atom. The number of benzene rings is 1. The van der Waals surface area contributed by atoms with Crippen LogP contribution in [0.4, 0.5) is 5.82 Å². The van der Waals surface area contributed by atoms with Gasteiger partial charge in [-0.2, -0.15) is 0 Å². The third-order valence-corrected chi connectivity index (χ3v) is 5.48. The number of hydrogen-bond donors (Lipinski definition) is 5. The van der Waals surface area contributed by atoms with Gasteiger partial charge in [0.25, 0.3) is 0 Å². The van der Waals surface area contributed by atoms with Gasteiger partial charge in [0, 0.05) is 6.54 Å². The maximum atomic E-state index is 10.4. The number of aliphatic hydroxyl groups is 2. The largest absolute Gasteiger partial charge is 0.387 e. The number of imidazole rings is 1. The zero-order valence-electron chi connectivity index (χ0n) is 15.5. The minimum absolute atomic E-state index is 0.384. The summed E-state index contributed by atoms with van der Waals surface area (Å²) in [4.78, 5) is 31.2. The van der Waals surface area contributed by atoms with Gasteiger partial charge < -0.3 is 34.6 Å². The molecule has 5 N–H and O–H groups in total. The lowest BCUT2D eigenvalue weighted by atomic mass is 10.1. The Kier molecular flexibility index (Phi) is 6.09. The third-order valence-electron chi connectivity index (χ3n) is 4.68. The summed E-state index contributed by atoms with van der Waals surface area (Å²) in [5, 5.41) is 23.9. The van der Waals surface area contributed by atoms with Crippen LogP contribution in [-0.2, 0) is 27.6 Å². The molecule has 160 valence electrons. The van der Waals surface area contributed by atoms with E-state index in [4.69, 9.17) is 9.26 Å². The first-order valence-corrected chi connectivity index (χ1v) is 11.6. The predicted molar refractivity (Wildman–Crippen MR) is 110 cm³/mol. The topological polar surface area (TPSA) is 155 Å². The molecule has 1 aliphatic rings. The molecule has 1 fully saturated rings. The van der Waals surface area contributed by atoms with Gasteiger partial charge in [-0.1, -0.05) is 30.3 Å². The minimum atomic E-state index is -3.91. The van der Waals surface area contributed by atoms with E-state index in [0.29, 0.717) is 23.5 Å². The SMILES string of the molecule is OC1[C@@H](O)[C@@H](COP(O)(O)=S)O[C@H]1n1cnc2c(NCc3ccccc3)ncnc21. The molecule has 30 heavy (non-hydrogen) atoms. The third kappa shape index (κ3) is 4.51. The molecular weight excluding hydrogens is 433 g/mol. The number of nitrogens with one attached hydrogen (secondary N) is 1. The Morgan fingerprint density at radius 3 is 2.63 bits per heavy atom. The van der Waals surface area contributed by atoms with Crippen molar-refractivity contribution in [3.05, 3.63) is 48.5 Å². The maximum Gasteiger partial charge on any atom is 0.321 e. The molecule has 4 atom stereocenters. The standard InChI is InChI=1S/C17H20N5O6PS/c23-13-11(7-27-29(25,26)30)28-17(14(13)24)22-9-21-12-15(19-8-20-16(12)22)18-6-10-4-2-1-3-5-10/h1-5,8-9,11,13-14,17,23-24H,6-7H2,(H,18,19,20)(H2,25,26,30)/t11-,13+,14?,17-/m1/s1. The first-order valence-electron chi connectivity index (χ1n) is 9.00. The van der Waals surface area contributed by atoms with Crippen LogP contribution in [0.2, 0.25) is 0 Å². The fourth-order valence-corrected chi connectivity index (χ4v) is 3.74. The van der Waals surface area contributed by atoms with E-state index < -0.39 is 31.3 Å². The smallest absolute Gasteiger partial charge is 0.321 e. The van der Waals surface area contributed by atoms with Gasteiger partial charge in [-0.3, -0.25) is 4.57 Å². The summed E-state index contributed by atoms with van der Waals surface area (Å²) in [7, 11) is 0. The molecule has 1 unspecified atom stereocenters. The fourth-order valence-electron chi connectivity index (χ4n) is 3.22. The van der Waals surface area contributed by atoms with Crippen LogP contribution in [0.15, 0.2) is 43.0 Å². The summed E-state index contributed by atoms with van der Waals surface area (Å²) < 4.78 is 11.9. The van der Waals surface area contributed by atoms with Crippen molar-refractivity contribution in [2.45, 2.75) is 31.1 Å². The van der Waals surface area contributed by atoms with E-state index in [1.165, 1.54) is 17.2 Å². The number of anilines is 1. The summed E-state index contributed by atoms with van der Waals surface area (Å²) >= 11 is 4.40. The quantitative estimate of drug-likeness (QED) is 0.313. The van der Waals surface area contributed by atoms with Gasteiger partial charge in [0.15, 0.2) is 23.2 Å². The highest BCUT2D eigenvalue weighted by molar-refractivity contribution is 8.06. The number of aromatic nitrogens is 4. The van der Waals surface area contributed by atoms with Crippen molar-refractivity contribution in [1.82, 2.24) is 19.5 Å². The maximum absolute atomic E-state index is 10.4. The van der Waals surface area contributed by atoms with Crippen LogP contribution < -0.4 is 5.32 Å². The molecular formula is C17H20N5O6PS. The Balaban J connectivity index is 1.54. The first kappa shape index (κ1) is 21.2. The second-order valence-corrected chi connectivity index (χ2v) is 9.38. The molecule has 4 rings (SSSR count). The molecule has 1 aliphatic heterocycles. The van der Waals surface area contributed by atoms with E-state index in [2.05, 4.69) is 32.1 Å². The number of ether oxygens (including phenoxy) is 1. The summed E-state index contributed by atoms with van der Waals surface area (Å²) in [6.45, 7) is -3.76. The normalized spacial score (nSPS) is 24.4. The highest BCUT2D eigenvalue weighted by Gasteiger charge is 2.45. The van der Waals surface area contributed by atoms with E-state index in [0.717, 1.165) is 5.56 Å². The highest BCUT2D eigenvalue weighted by atomic mass is 32.5. The van der Waals surface area contributed by atoms with E-state index >= 15 is 0 Å². The number of rotatable bonds is 7. The number of aliphatic hydroxyl groups excluding tert-OH is 2. The average molecular weight is 453 g/mol. The van der Waals surface area contributed by atoms with Crippen molar-refractivity contribution in [1.29, 1.82) is 0 Å². The zero-order valence-corrected chi connectivity index (χ0v) is 17.2. The lowest BCUT2D eigenvalue weighted by molar-refractivity contribution is -0.0487. The minimum Gasteiger partial charge on any atom is -0.387 e. The summed E-state index contributed by atoms with van der Waals surface area (Å²) in [6.07, 6.45) is -1.88. The van der Waals surface area contributed by atoms with Crippen LogP contribution in [0.25, 0.3) is 11.2 Å². The van der Waals surface area contributed by atoms with E-state index in [9.17, 15) is 20.0 Å². The summed E-state index contributed by atoms with van der Waals surface area (Å²) in [5.41, 5.74) is 1.94. The average Bonchev–Trinajstić information content (AvgIpc) is 3.27. The van der Waals surface area contributed by atoms with Crippen LogP contribution >= 0.6 is 6.72 Å². The van der Waals surface area contributed by atoms with Gasteiger partial charge in [-0.25, -0.2) is 15.0 Å². The van der Waals surface area contributed by atoms with Gasteiger partial charge >= 0.3 is 6.72 Å². The van der Waals surface area contributed by atoms with Crippen LogP contribution in [0.3, 0.4) is 0 Å². The molecule has 0 amide bonds.